The normalized spacial score (nSPS) is 11.9. The molecule has 140 valence electrons. The fourth-order valence-corrected chi connectivity index (χ4v) is 3.00. The number of carbonyl (C=O) groups excluding carboxylic acids is 1. The Hall–Kier alpha value is -2.26. The molecule has 0 aliphatic carbocycles. The minimum atomic E-state index is -4.65. The molecule has 26 heavy (non-hydrogen) atoms. The maximum absolute atomic E-state index is 12.9. The van der Waals surface area contributed by atoms with Gasteiger partial charge >= 0.3 is 6.18 Å². The average molecular weight is 407 g/mol. The summed E-state index contributed by atoms with van der Waals surface area (Å²) in [5, 5.41) is 1.89. The van der Waals surface area contributed by atoms with Crippen molar-refractivity contribution < 1.29 is 26.4 Å². The summed E-state index contributed by atoms with van der Waals surface area (Å²) >= 11 is 5.54. The van der Waals surface area contributed by atoms with Gasteiger partial charge < -0.3 is 5.32 Å². The van der Waals surface area contributed by atoms with E-state index in [1.807, 2.05) is 0 Å². The third-order valence-electron chi connectivity index (χ3n) is 3.31. The molecule has 0 fully saturated rings. The van der Waals surface area contributed by atoms with Gasteiger partial charge in [-0.25, -0.2) is 8.42 Å². The van der Waals surface area contributed by atoms with Gasteiger partial charge in [-0.3, -0.25) is 9.52 Å². The number of carbonyl (C=O) groups is 1. The third kappa shape index (κ3) is 5.12. The zero-order valence-corrected chi connectivity index (χ0v) is 15.2. The van der Waals surface area contributed by atoms with E-state index in [0.29, 0.717) is 11.3 Å². The number of sulfonamides is 1. The van der Waals surface area contributed by atoms with Crippen molar-refractivity contribution in [3.05, 3.63) is 58.1 Å². The number of aryl methyl sites for hydroxylation is 1. The van der Waals surface area contributed by atoms with Crippen molar-refractivity contribution in [3.63, 3.8) is 0 Å². The molecule has 0 unspecified atom stereocenters. The van der Waals surface area contributed by atoms with Gasteiger partial charge in [0.25, 0.3) is 5.91 Å². The number of anilines is 2. The lowest BCUT2D eigenvalue weighted by atomic mass is 10.1. The molecule has 0 saturated carbocycles. The van der Waals surface area contributed by atoms with Gasteiger partial charge in [0, 0.05) is 11.3 Å². The highest BCUT2D eigenvalue weighted by atomic mass is 35.5. The topological polar surface area (TPSA) is 75.3 Å². The van der Waals surface area contributed by atoms with Crippen LogP contribution >= 0.6 is 11.6 Å². The Kier molecular flexibility index (Phi) is 5.52. The molecular formula is C16H14ClF3N2O3S. The second kappa shape index (κ2) is 7.16. The quantitative estimate of drug-likeness (QED) is 0.795. The fourth-order valence-electron chi connectivity index (χ4n) is 2.14. The number of benzene rings is 2. The molecule has 2 aromatic carbocycles. The predicted molar refractivity (Wildman–Crippen MR) is 94.1 cm³/mol. The minimum Gasteiger partial charge on any atom is -0.322 e. The van der Waals surface area contributed by atoms with Crippen molar-refractivity contribution in [1.82, 2.24) is 0 Å². The molecule has 0 spiro atoms. The van der Waals surface area contributed by atoms with Crippen LogP contribution in [0.4, 0.5) is 24.5 Å². The molecule has 0 aliphatic heterocycles. The second-order valence-corrected chi connectivity index (χ2v) is 7.71. The van der Waals surface area contributed by atoms with Crippen molar-refractivity contribution in [1.29, 1.82) is 0 Å². The number of hydrogen-bond donors (Lipinski definition) is 2. The maximum Gasteiger partial charge on any atom is 0.417 e. The van der Waals surface area contributed by atoms with E-state index in [9.17, 15) is 26.4 Å². The molecule has 1 amide bonds. The van der Waals surface area contributed by atoms with Crippen LogP contribution in [-0.4, -0.2) is 20.6 Å². The number of alkyl halides is 3. The first-order valence-electron chi connectivity index (χ1n) is 7.13. The maximum atomic E-state index is 12.9. The Balaban J connectivity index is 2.24. The lowest BCUT2D eigenvalue weighted by Gasteiger charge is -2.13. The lowest BCUT2D eigenvalue weighted by molar-refractivity contribution is -0.137. The van der Waals surface area contributed by atoms with E-state index in [2.05, 4.69) is 10.0 Å². The van der Waals surface area contributed by atoms with Gasteiger partial charge in [0.15, 0.2) is 0 Å². The molecule has 0 heterocycles. The second-order valence-electron chi connectivity index (χ2n) is 5.55. The zero-order valence-electron chi connectivity index (χ0n) is 13.6. The molecule has 0 aliphatic rings. The average Bonchev–Trinajstić information content (AvgIpc) is 2.48. The summed E-state index contributed by atoms with van der Waals surface area (Å²) in [6.45, 7) is 1.59. The summed E-state index contributed by atoms with van der Waals surface area (Å²) in [5.41, 5.74) is -0.182. The number of hydrogen-bond acceptors (Lipinski definition) is 3. The van der Waals surface area contributed by atoms with Gasteiger partial charge in [-0.05, 0) is 48.9 Å². The predicted octanol–water partition coefficient (Wildman–Crippen LogP) is 4.29. The van der Waals surface area contributed by atoms with Crippen LogP contribution < -0.4 is 10.0 Å². The van der Waals surface area contributed by atoms with Crippen LogP contribution in [0.2, 0.25) is 5.02 Å². The summed E-state index contributed by atoms with van der Waals surface area (Å²) < 4.78 is 63.4. The van der Waals surface area contributed by atoms with Crippen molar-refractivity contribution >= 4 is 38.9 Å². The van der Waals surface area contributed by atoms with E-state index in [1.54, 1.807) is 6.92 Å². The Morgan fingerprint density at radius 2 is 1.77 bits per heavy atom. The Labute approximate surface area is 153 Å². The molecule has 0 atom stereocenters. The van der Waals surface area contributed by atoms with Gasteiger partial charge in [-0.1, -0.05) is 11.6 Å². The Morgan fingerprint density at radius 1 is 1.12 bits per heavy atom. The Morgan fingerprint density at radius 3 is 2.31 bits per heavy atom. The van der Waals surface area contributed by atoms with Gasteiger partial charge in [0.1, 0.15) is 0 Å². The number of nitrogens with one attached hydrogen (secondary N) is 2. The van der Waals surface area contributed by atoms with E-state index >= 15 is 0 Å². The molecule has 0 aromatic heterocycles. The van der Waals surface area contributed by atoms with Crippen LogP contribution in [0.25, 0.3) is 0 Å². The van der Waals surface area contributed by atoms with Gasteiger partial charge in [0.05, 0.1) is 22.5 Å². The molecular weight excluding hydrogens is 393 g/mol. The van der Waals surface area contributed by atoms with E-state index in [4.69, 9.17) is 11.6 Å². The number of rotatable bonds is 4. The molecule has 2 N–H and O–H groups in total. The molecule has 0 radical (unpaired) electrons. The van der Waals surface area contributed by atoms with Gasteiger partial charge in [-0.2, -0.15) is 13.2 Å². The standard InChI is InChI=1S/C16H14ClF3N2O3S/c1-9-7-10(3-6-14(9)22-26(2,24)25)15(23)21-11-4-5-13(17)12(8-11)16(18,19)20/h3-8,22H,1-2H3,(H,21,23). The first-order chi connectivity index (χ1) is 11.9. The summed E-state index contributed by atoms with van der Waals surface area (Å²) in [5.74, 6) is -0.644. The van der Waals surface area contributed by atoms with Crippen LogP contribution in [0.5, 0.6) is 0 Å². The molecule has 0 saturated heterocycles. The smallest absolute Gasteiger partial charge is 0.322 e. The largest absolute Gasteiger partial charge is 0.417 e. The number of amides is 1. The van der Waals surface area contributed by atoms with Crippen LogP contribution in [0.1, 0.15) is 21.5 Å². The van der Waals surface area contributed by atoms with E-state index in [-0.39, 0.29) is 11.3 Å². The summed E-state index contributed by atoms with van der Waals surface area (Å²) in [4.78, 5) is 12.2. The number of halogens is 4. The SMILES string of the molecule is Cc1cc(C(=O)Nc2ccc(Cl)c(C(F)(F)F)c2)ccc1NS(C)(=O)=O. The first kappa shape index (κ1) is 20.1. The van der Waals surface area contributed by atoms with E-state index < -0.39 is 32.7 Å². The van der Waals surface area contributed by atoms with E-state index in [1.165, 1.54) is 24.3 Å². The van der Waals surface area contributed by atoms with Gasteiger partial charge in [0.2, 0.25) is 10.0 Å². The van der Waals surface area contributed by atoms with Crippen LogP contribution in [0.15, 0.2) is 36.4 Å². The molecule has 0 bridgehead atoms. The van der Waals surface area contributed by atoms with Crippen LogP contribution in [-0.2, 0) is 16.2 Å². The highest BCUT2D eigenvalue weighted by molar-refractivity contribution is 7.92. The highest BCUT2D eigenvalue weighted by Gasteiger charge is 2.33. The zero-order chi connectivity index (χ0) is 19.7. The van der Waals surface area contributed by atoms with Crippen LogP contribution in [0.3, 0.4) is 0 Å². The van der Waals surface area contributed by atoms with Crippen molar-refractivity contribution in [3.8, 4) is 0 Å². The third-order valence-corrected chi connectivity index (χ3v) is 4.23. The van der Waals surface area contributed by atoms with Gasteiger partial charge in [-0.15, -0.1) is 0 Å². The molecule has 10 heteroatoms. The van der Waals surface area contributed by atoms with Crippen molar-refractivity contribution in [2.24, 2.45) is 0 Å². The first-order valence-corrected chi connectivity index (χ1v) is 9.40. The highest BCUT2D eigenvalue weighted by Crippen LogP contribution is 2.36. The summed E-state index contributed by atoms with van der Waals surface area (Å²) in [7, 11) is -3.47. The fraction of sp³-hybridized carbons (Fsp3) is 0.188. The minimum absolute atomic E-state index is 0.0669. The van der Waals surface area contributed by atoms with Crippen LogP contribution in [0, 0.1) is 6.92 Å². The molecule has 2 rings (SSSR count). The Bertz CT molecular complexity index is 960. The summed E-state index contributed by atoms with van der Waals surface area (Å²) in [6.07, 6.45) is -3.65. The van der Waals surface area contributed by atoms with Crippen molar-refractivity contribution in [2.75, 3.05) is 16.3 Å². The lowest BCUT2D eigenvalue weighted by Crippen LogP contribution is -2.15. The molecule has 5 nitrogen and oxygen atoms in total. The van der Waals surface area contributed by atoms with Crippen molar-refractivity contribution in [2.45, 2.75) is 13.1 Å². The molecule has 2 aromatic rings. The summed E-state index contributed by atoms with van der Waals surface area (Å²) in [6, 6.07) is 7.22. The monoisotopic (exact) mass is 406 g/mol. The van der Waals surface area contributed by atoms with E-state index in [0.717, 1.165) is 18.4 Å².